The number of carbonyl (C=O) groups is 2. The van der Waals surface area contributed by atoms with Crippen molar-refractivity contribution in [1.29, 1.82) is 0 Å². The Morgan fingerprint density at radius 2 is 1.58 bits per heavy atom. The van der Waals surface area contributed by atoms with Crippen molar-refractivity contribution in [3.63, 3.8) is 0 Å². The highest BCUT2D eigenvalue weighted by atomic mass is 35.5. The Morgan fingerprint density at radius 3 is 2.21 bits per heavy atom. The van der Waals surface area contributed by atoms with Gasteiger partial charge in [-0.1, -0.05) is 72.3 Å². The molecule has 0 spiro atoms. The molecule has 0 aliphatic heterocycles. The van der Waals surface area contributed by atoms with Gasteiger partial charge in [-0.25, -0.2) is 0 Å². The standard InChI is InChI=1S/C28H27ClN2O2/c1-28(2,27(30)33)18-31-23-15-14-21(29)17-22(23)25(26(31)20-11-7-4-8-12-20)24(32)16-13-19-9-5-3-6-10-19/h3-12,14-15,17H,13,16,18H2,1-2H3,(H2,30,33). The van der Waals surface area contributed by atoms with Gasteiger partial charge in [0.15, 0.2) is 5.78 Å². The Morgan fingerprint density at radius 1 is 0.939 bits per heavy atom. The summed E-state index contributed by atoms with van der Waals surface area (Å²) in [6, 6.07) is 25.3. The zero-order chi connectivity index (χ0) is 23.6. The summed E-state index contributed by atoms with van der Waals surface area (Å²) in [6.07, 6.45) is 1.02. The molecule has 5 heteroatoms. The number of primary amides is 1. The first kappa shape index (κ1) is 22.8. The van der Waals surface area contributed by atoms with Crippen LogP contribution >= 0.6 is 11.6 Å². The maximum Gasteiger partial charge on any atom is 0.224 e. The normalized spacial score (nSPS) is 11.6. The summed E-state index contributed by atoms with van der Waals surface area (Å²) < 4.78 is 2.04. The number of hydrogen-bond donors (Lipinski definition) is 1. The monoisotopic (exact) mass is 458 g/mol. The van der Waals surface area contributed by atoms with Gasteiger partial charge in [-0.2, -0.15) is 0 Å². The molecule has 0 radical (unpaired) electrons. The fourth-order valence-corrected chi connectivity index (χ4v) is 4.34. The number of benzene rings is 3. The Labute approximate surface area is 199 Å². The van der Waals surface area contributed by atoms with Crippen LogP contribution in [-0.2, 0) is 17.8 Å². The molecule has 4 rings (SSSR count). The van der Waals surface area contributed by atoms with Gasteiger partial charge in [-0.3, -0.25) is 9.59 Å². The van der Waals surface area contributed by atoms with E-state index in [0.717, 1.165) is 27.7 Å². The molecule has 2 N–H and O–H groups in total. The molecule has 3 aromatic carbocycles. The third kappa shape index (κ3) is 4.71. The molecule has 1 amide bonds. The number of aryl methyl sites for hydroxylation is 1. The van der Waals surface area contributed by atoms with Crippen LogP contribution in [0.1, 0.15) is 36.2 Å². The molecule has 1 heterocycles. The van der Waals surface area contributed by atoms with Crippen LogP contribution in [0.2, 0.25) is 5.02 Å². The Bertz CT molecular complexity index is 1310. The van der Waals surface area contributed by atoms with Crippen molar-refractivity contribution in [1.82, 2.24) is 4.57 Å². The second-order valence-corrected chi connectivity index (χ2v) is 9.43. The smallest absolute Gasteiger partial charge is 0.224 e. The lowest BCUT2D eigenvalue weighted by molar-refractivity contribution is -0.126. The van der Waals surface area contributed by atoms with Crippen molar-refractivity contribution in [2.24, 2.45) is 11.1 Å². The molecular weight excluding hydrogens is 432 g/mol. The van der Waals surface area contributed by atoms with E-state index in [1.165, 1.54) is 0 Å². The van der Waals surface area contributed by atoms with E-state index in [4.69, 9.17) is 17.3 Å². The number of carbonyl (C=O) groups excluding carboxylic acids is 2. The third-order valence-corrected chi connectivity index (χ3v) is 6.29. The molecule has 33 heavy (non-hydrogen) atoms. The zero-order valence-corrected chi connectivity index (χ0v) is 19.6. The topological polar surface area (TPSA) is 65.1 Å². The van der Waals surface area contributed by atoms with E-state index in [0.29, 0.717) is 30.0 Å². The number of ketones is 1. The maximum atomic E-state index is 13.7. The van der Waals surface area contributed by atoms with Crippen molar-refractivity contribution in [3.05, 3.63) is 95.0 Å². The van der Waals surface area contributed by atoms with Crippen LogP contribution in [0, 0.1) is 5.41 Å². The van der Waals surface area contributed by atoms with Crippen LogP contribution in [0.3, 0.4) is 0 Å². The van der Waals surface area contributed by atoms with Gasteiger partial charge in [0, 0.05) is 28.9 Å². The molecule has 0 atom stereocenters. The summed E-state index contributed by atoms with van der Waals surface area (Å²) in [5.74, 6) is -0.352. The maximum absolute atomic E-state index is 13.7. The quantitative estimate of drug-likeness (QED) is 0.315. The first-order valence-corrected chi connectivity index (χ1v) is 11.4. The van der Waals surface area contributed by atoms with E-state index in [-0.39, 0.29) is 5.78 Å². The van der Waals surface area contributed by atoms with Crippen LogP contribution in [0.5, 0.6) is 0 Å². The molecule has 0 unspecified atom stereocenters. The number of aromatic nitrogens is 1. The van der Waals surface area contributed by atoms with Crippen LogP contribution in [0.25, 0.3) is 22.2 Å². The number of Topliss-reactive ketones (excluding diaryl/α,β-unsaturated/α-hetero) is 1. The van der Waals surface area contributed by atoms with Gasteiger partial charge in [0.05, 0.1) is 16.7 Å². The van der Waals surface area contributed by atoms with Gasteiger partial charge < -0.3 is 10.3 Å². The summed E-state index contributed by atoms with van der Waals surface area (Å²) >= 11 is 6.36. The number of amides is 1. The van der Waals surface area contributed by atoms with Gasteiger partial charge in [0.2, 0.25) is 5.91 Å². The minimum Gasteiger partial charge on any atom is -0.369 e. The lowest BCUT2D eigenvalue weighted by Crippen LogP contribution is -2.35. The van der Waals surface area contributed by atoms with Crippen molar-refractivity contribution in [2.45, 2.75) is 33.2 Å². The largest absolute Gasteiger partial charge is 0.369 e. The lowest BCUT2D eigenvalue weighted by atomic mass is 9.92. The molecule has 0 saturated heterocycles. The highest BCUT2D eigenvalue weighted by Gasteiger charge is 2.30. The van der Waals surface area contributed by atoms with E-state index in [9.17, 15) is 9.59 Å². The number of nitrogens with two attached hydrogens (primary N) is 1. The predicted molar refractivity (Wildman–Crippen MR) is 134 cm³/mol. The first-order valence-electron chi connectivity index (χ1n) is 11.0. The zero-order valence-electron chi connectivity index (χ0n) is 18.8. The molecular formula is C28H27ClN2O2. The molecule has 0 aliphatic rings. The van der Waals surface area contributed by atoms with E-state index in [1.54, 1.807) is 0 Å². The van der Waals surface area contributed by atoms with E-state index < -0.39 is 11.3 Å². The van der Waals surface area contributed by atoms with Gasteiger partial charge in [-0.15, -0.1) is 0 Å². The van der Waals surface area contributed by atoms with Crippen LogP contribution in [0.4, 0.5) is 0 Å². The lowest BCUT2D eigenvalue weighted by Gasteiger charge is -2.24. The summed E-state index contributed by atoms with van der Waals surface area (Å²) in [7, 11) is 0. The SMILES string of the molecule is CC(C)(Cn1c(-c2ccccc2)c(C(=O)CCc2ccccc2)c2cc(Cl)ccc21)C(N)=O. The second-order valence-electron chi connectivity index (χ2n) is 8.99. The highest BCUT2D eigenvalue weighted by molar-refractivity contribution is 6.31. The summed E-state index contributed by atoms with van der Waals surface area (Å²) in [5, 5.41) is 1.35. The summed E-state index contributed by atoms with van der Waals surface area (Å²) in [4.78, 5) is 25.9. The predicted octanol–water partition coefficient (Wildman–Crippen LogP) is 6.29. The van der Waals surface area contributed by atoms with Crippen molar-refractivity contribution < 1.29 is 9.59 Å². The number of halogens is 1. The molecule has 0 saturated carbocycles. The van der Waals surface area contributed by atoms with Gasteiger partial charge >= 0.3 is 0 Å². The highest BCUT2D eigenvalue weighted by Crippen LogP contribution is 2.38. The van der Waals surface area contributed by atoms with E-state index in [1.807, 2.05) is 97.3 Å². The fourth-order valence-electron chi connectivity index (χ4n) is 4.17. The minimum absolute atomic E-state index is 0.0422. The second kappa shape index (κ2) is 9.24. The number of hydrogen-bond acceptors (Lipinski definition) is 2. The summed E-state index contributed by atoms with van der Waals surface area (Å²) in [6.45, 7) is 3.99. The number of rotatable bonds is 8. The summed E-state index contributed by atoms with van der Waals surface area (Å²) in [5.41, 5.74) is 9.22. The van der Waals surface area contributed by atoms with Crippen LogP contribution in [-0.4, -0.2) is 16.3 Å². The number of fused-ring (bicyclic) bond motifs is 1. The average Bonchev–Trinajstić information content (AvgIpc) is 3.11. The van der Waals surface area contributed by atoms with Gasteiger partial charge in [0.1, 0.15) is 0 Å². The molecule has 0 bridgehead atoms. The third-order valence-electron chi connectivity index (χ3n) is 6.06. The van der Waals surface area contributed by atoms with Gasteiger partial charge in [0.25, 0.3) is 0 Å². The molecule has 1 aromatic heterocycles. The number of nitrogens with zero attached hydrogens (tertiary/aromatic N) is 1. The molecule has 0 fully saturated rings. The molecule has 0 aliphatic carbocycles. The van der Waals surface area contributed by atoms with Crippen LogP contribution in [0.15, 0.2) is 78.9 Å². The fraction of sp³-hybridized carbons (Fsp3) is 0.214. The first-order chi connectivity index (χ1) is 15.8. The van der Waals surface area contributed by atoms with Crippen molar-refractivity contribution in [3.8, 4) is 11.3 Å². The minimum atomic E-state index is -0.806. The van der Waals surface area contributed by atoms with Crippen molar-refractivity contribution in [2.75, 3.05) is 0 Å². The van der Waals surface area contributed by atoms with Gasteiger partial charge in [-0.05, 0) is 49.6 Å². The van der Waals surface area contributed by atoms with Crippen LogP contribution < -0.4 is 5.73 Å². The average molecular weight is 459 g/mol. The molecule has 4 nitrogen and oxygen atoms in total. The van der Waals surface area contributed by atoms with Crippen molar-refractivity contribution >= 4 is 34.2 Å². The Kier molecular flexibility index (Phi) is 6.39. The Hall–Kier alpha value is -3.37. The molecule has 168 valence electrons. The molecule has 4 aromatic rings. The Balaban J connectivity index is 1.91. The van der Waals surface area contributed by atoms with E-state index >= 15 is 0 Å². The van der Waals surface area contributed by atoms with E-state index in [2.05, 4.69) is 0 Å².